The van der Waals surface area contributed by atoms with Gasteiger partial charge in [0.15, 0.2) is 0 Å². The van der Waals surface area contributed by atoms with Crippen LogP contribution in [0, 0.1) is 5.92 Å². The van der Waals surface area contributed by atoms with Crippen molar-refractivity contribution in [3.05, 3.63) is 28.2 Å². The van der Waals surface area contributed by atoms with E-state index in [1.165, 1.54) is 11.5 Å². The van der Waals surface area contributed by atoms with Gasteiger partial charge in [-0.15, -0.1) is 0 Å². The Labute approximate surface area is 162 Å². The SMILES string of the molecule is CN=CC(CC1CCNC1=O)NC(=O)C1CCc2ccc(NC(C)=O)c(=O)n21. The molecule has 3 amide bonds. The smallest absolute Gasteiger partial charge is 0.275 e. The molecule has 2 aliphatic heterocycles. The normalized spacial score (nSPS) is 22.0. The van der Waals surface area contributed by atoms with E-state index in [0.717, 1.165) is 12.1 Å². The molecule has 0 radical (unpaired) electrons. The van der Waals surface area contributed by atoms with Crippen LogP contribution in [0.5, 0.6) is 0 Å². The molecule has 1 saturated heterocycles. The summed E-state index contributed by atoms with van der Waals surface area (Å²) in [6.07, 6.45) is 3.93. The Morgan fingerprint density at radius 2 is 2.14 bits per heavy atom. The van der Waals surface area contributed by atoms with Gasteiger partial charge in [0.25, 0.3) is 5.56 Å². The van der Waals surface area contributed by atoms with Gasteiger partial charge < -0.3 is 16.0 Å². The van der Waals surface area contributed by atoms with E-state index in [4.69, 9.17) is 0 Å². The second kappa shape index (κ2) is 8.37. The average molecular weight is 387 g/mol. The molecule has 0 aliphatic carbocycles. The van der Waals surface area contributed by atoms with E-state index in [9.17, 15) is 19.2 Å². The Balaban J connectivity index is 1.77. The first-order chi connectivity index (χ1) is 13.4. The van der Waals surface area contributed by atoms with Crippen molar-refractivity contribution in [3.8, 4) is 0 Å². The van der Waals surface area contributed by atoms with Crippen LogP contribution in [0.4, 0.5) is 5.69 Å². The van der Waals surface area contributed by atoms with Gasteiger partial charge in [0.1, 0.15) is 11.7 Å². The first-order valence-corrected chi connectivity index (χ1v) is 9.43. The lowest BCUT2D eigenvalue weighted by molar-refractivity contribution is -0.126. The summed E-state index contributed by atoms with van der Waals surface area (Å²) in [4.78, 5) is 52.8. The summed E-state index contributed by atoms with van der Waals surface area (Å²) in [5.74, 6) is -0.797. The lowest BCUT2D eigenvalue weighted by atomic mass is 9.98. The highest BCUT2D eigenvalue weighted by atomic mass is 16.2. The molecule has 0 saturated carbocycles. The maximum absolute atomic E-state index is 12.9. The van der Waals surface area contributed by atoms with Crippen LogP contribution in [0.25, 0.3) is 0 Å². The van der Waals surface area contributed by atoms with E-state index in [1.54, 1.807) is 25.4 Å². The Bertz CT molecular complexity index is 876. The Kier molecular flexibility index (Phi) is 5.91. The third kappa shape index (κ3) is 4.13. The molecule has 0 bridgehead atoms. The van der Waals surface area contributed by atoms with Crippen molar-refractivity contribution in [3.63, 3.8) is 0 Å². The minimum atomic E-state index is -0.652. The number of carbonyl (C=O) groups is 3. The number of amides is 3. The van der Waals surface area contributed by atoms with Crippen LogP contribution < -0.4 is 21.5 Å². The van der Waals surface area contributed by atoms with Gasteiger partial charge in [-0.05, 0) is 37.8 Å². The van der Waals surface area contributed by atoms with Crippen LogP contribution in [0.3, 0.4) is 0 Å². The number of carbonyl (C=O) groups excluding carboxylic acids is 3. The van der Waals surface area contributed by atoms with Crippen LogP contribution in [0.2, 0.25) is 0 Å². The molecule has 28 heavy (non-hydrogen) atoms. The van der Waals surface area contributed by atoms with Crippen molar-refractivity contribution >= 4 is 29.6 Å². The number of fused-ring (bicyclic) bond motifs is 1. The van der Waals surface area contributed by atoms with Crippen LogP contribution in [0.15, 0.2) is 21.9 Å². The first kappa shape index (κ1) is 19.8. The van der Waals surface area contributed by atoms with Crippen molar-refractivity contribution in [2.75, 3.05) is 18.9 Å². The molecular formula is C19H25N5O4. The summed E-state index contributed by atoms with van der Waals surface area (Å²) in [6.45, 7) is 1.97. The summed E-state index contributed by atoms with van der Waals surface area (Å²) in [6, 6.07) is 2.29. The molecule has 2 aliphatic rings. The standard InChI is InChI=1S/C19H25N5O4/c1-11(25)22-15-5-3-14-4-6-16(24(14)19(15)28)18(27)23-13(10-20-2)9-12-7-8-21-17(12)26/h3,5,10,12-13,16H,4,6-9H2,1-2H3,(H,21,26)(H,22,25)(H,23,27). The first-order valence-electron chi connectivity index (χ1n) is 9.43. The van der Waals surface area contributed by atoms with E-state index in [2.05, 4.69) is 20.9 Å². The zero-order valence-corrected chi connectivity index (χ0v) is 16.0. The molecule has 1 aromatic heterocycles. The van der Waals surface area contributed by atoms with Crippen LogP contribution in [0.1, 0.15) is 37.9 Å². The third-order valence-corrected chi connectivity index (χ3v) is 5.16. The monoisotopic (exact) mass is 387 g/mol. The van der Waals surface area contributed by atoms with E-state index >= 15 is 0 Å². The molecule has 0 spiro atoms. The number of aliphatic imine (C=N–C) groups is 1. The van der Waals surface area contributed by atoms with Gasteiger partial charge in [-0.2, -0.15) is 0 Å². The predicted octanol–water partition coefficient (Wildman–Crippen LogP) is 0.00560. The summed E-state index contributed by atoms with van der Waals surface area (Å²) in [7, 11) is 1.61. The molecule has 1 aromatic rings. The summed E-state index contributed by atoms with van der Waals surface area (Å²) >= 11 is 0. The van der Waals surface area contributed by atoms with Gasteiger partial charge >= 0.3 is 0 Å². The molecule has 3 unspecified atom stereocenters. The van der Waals surface area contributed by atoms with Gasteiger partial charge in [0, 0.05) is 38.3 Å². The zero-order valence-electron chi connectivity index (χ0n) is 16.0. The number of aromatic nitrogens is 1. The van der Waals surface area contributed by atoms with Crippen molar-refractivity contribution in [2.24, 2.45) is 10.9 Å². The highest BCUT2D eigenvalue weighted by molar-refractivity contribution is 5.89. The maximum atomic E-state index is 12.9. The quantitative estimate of drug-likeness (QED) is 0.595. The fourth-order valence-corrected chi connectivity index (χ4v) is 3.88. The van der Waals surface area contributed by atoms with Crippen LogP contribution in [-0.4, -0.2) is 48.1 Å². The largest absolute Gasteiger partial charge is 0.356 e. The van der Waals surface area contributed by atoms with Gasteiger partial charge in [0.2, 0.25) is 17.7 Å². The topological polar surface area (TPSA) is 122 Å². The lowest BCUT2D eigenvalue weighted by Crippen LogP contribution is -2.43. The number of rotatable bonds is 6. The molecule has 3 atom stereocenters. The van der Waals surface area contributed by atoms with Crippen molar-refractivity contribution in [1.29, 1.82) is 0 Å². The predicted molar refractivity (Wildman–Crippen MR) is 104 cm³/mol. The Morgan fingerprint density at radius 3 is 2.79 bits per heavy atom. The number of anilines is 1. The number of hydrogen-bond donors (Lipinski definition) is 3. The van der Waals surface area contributed by atoms with E-state index in [-0.39, 0.29) is 40.9 Å². The van der Waals surface area contributed by atoms with E-state index in [0.29, 0.717) is 25.8 Å². The van der Waals surface area contributed by atoms with E-state index in [1.807, 2.05) is 0 Å². The van der Waals surface area contributed by atoms with Crippen molar-refractivity contribution in [2.45, 2.75) is 44.7 Å². The molecule has 3 heterocycles. The molecule has 150 valence electrons. The molecule has 0 aromatic carbocycles. The third-order valence-electron chi connectivity index (χ3n) is 5.16. The molecule has 9 nitrogen and oxygen atoms in total. The molecule has 9 heteroatoms. The number of nitrogens with zero attached hydrogens (tertiary/aromatic N) is 2. The van der Waals surface area contributed by atoms with Crippen LogP contribution in [-0.2, 0) is 20.8 Å². The molecule has 1 fully saturated rings. The number of pyridine rings is 1. The second-order valence-corrected chi connectivity index (χ2v) is 7.18. The summed E-state index contributed by atoms with van der Waals surface area (Å²) in [5, 5.41) is 8.22. The molecule has 3 N–H and O–H groups in total. The number of hydrogen-bond acceptors (Lipinski definition) is 5. The Hall–Kier alpha value is -2.97. The summed E-state index contributed by atoms with van der Waals surface area (Å²) < 4.78 is 1.45. The Morgan fingerprint density at radius 1 is 1.36 bits per heavy atom. The summed E-state index contributed by atoms with van der Waals surface area (Å²) in [5.41, 5.74) is 0.529. The zero-order chi connectivity index (χ0) is 20.3. The fourth-order valence-electron chi connectivity index (χ4n) is 3.88. The van der Waals surface area contributed by atoms with Gasteiger partial charge in [0.05, 0.1) is 6.04 Å². The average Bonchev–Trinajstić information content (AvgIpc) is 3.24. The second-order valence-electron chi connectivity index (χ2n) is 7.18. The highest BCUT2D eigenvalue weighted by Gasteiger charge is 2.33. The molecular weight excluding hydrogens is 362 g/mol. The molecule has 3 rings (SSSR count). The fraction of sp³-hybridized carbons (Fsp3) is 0.526. The van der Waals surface area contributed by atoms with E-state index < -0.39 is 6.04 Å². The van der Waals surface area contributed by atoms with Crippen molar-refractivity contribution in [1.82, 2.24) is 15.2 Å². The lowest BCUT2D eigenvalue weighted by Gasteiger charge is -2.21. The van der Waals surface area contributed by atoms with Crippen LogP contribution >= 0.6 is 0 Å². The van der Waals surface area contributed by atoms with Crippen molar-refractivity contribution < 1.29 is 14.4 Å². The maximum Gasteiger partial charge on any atom is 0.275 e. The number of aryl methyl sites for hydroxylation is 1. The number of nitrogens with one attached hydrogen (secondary N) is 3. The van der Waals surface area contributed by atoms with Gasteiger partial charge in [-0.25, -0.2) is 0 Å². The minimum Gasteiger partial charge on any atom is -0.356 e. The highest BCUT2D eigenvalue weighted by Crippen LogP contribution is 2.25. The minimum absolute atomic E-state index is 0.00821. The van der Waals surface area contributed by atoms with Gasteiger partial charge in [-0.1, -0.05) is 0 Å². The van der Waals surface area contributed by atoms with Gasteiger partial charge in [-0.3, -0.25) is 28.7 Å².